The monoisotopic (exact) mass is 470 g/mol. The summed E-state index contributed by atoms with van der Waals surface area (Å²) in [4.78, 5) is 13.7. The molecular formula is C22H24Cl2N8. The van der Waals surface area contributed by atoms with E-state index in [2.05, 4.69) is 38.2 Å². The van der Waals surface area contributed by atoms with Crippen molar-refractivity contribution in [2.45, 2.75) is 31.7 Å². The predicted octanol–water partition coefficient (Wildman–Crippen LogP) is 4.42. The summed E-state index contributed by atoms with van der Waals surface area (Å²) in [6, 6.07) is 6.15. The van der Waals surface area contributed by atoms with Crippen molar-refractivity contribution in [1.29, 1.82) is 5.26 Å². The molecular weight excluding hydrogens is 447 g/mol. The van der Waals surface area contributed by atoms with E-state index < -0.39 is 0 Å². The number of piperazine rings is 1. The van der Waals surface area contributed by atoms with E-state index in [4.69, 9.17) is 33.4 Å². The summed E-state index contributed by atoms with van der Waals surface area (Å²) in [6.07, 6.45) is 6.21. The van der Waals surface area contributed by atoms with Crippen LogP contribution in [0.2, 0.25) is 10.2 Å². The fourth-order valence-corrected chi connectivity index (χ4v) is 4.71. The summed E-state index contributed by atoms with van der Waals surface area (Å²) in [6.45, 7) is 6.51. The first-order valence-corrected chi connectivity index (χ1v) is 11.5. The Hall–Kier alpha value is -2.60. The van der Waals surface area contributed by atoms with Gasteiger partial charge in [0.25, 0.3) is 0 Å². The standard InChI is InChI=1S/C22H24Cl2N8/c1-22(3-4-22)32-20(24)18(14-27-32)29-21-26-13-15-11-16(23)19(12-17(15)28-21)31-9-7-30(8-10-31)6-2-5-25/h11-14H,2-4,6-10H2,1H3,(H,26,28,29). The van der Waals surface area contributed by atoms with Crippen LogP contribution in [0, 0.1) is 11.3 Å². The van der Waals surface area contributed by atoms with Gasteiger partial charge in [0.1, 0.15) is 0 Å². The molecule has 1 N–H and O–H groups in total. The molecule has 0 radical (unpaired) electrons. The fourth-order valence-electron chi connectivity index (χ4n) is 4.07. The number of aromatic nitrogens is 4. The summed E-state index contributed by atoms with van der Waals surface area (Å²) >= 11 is 13.1. The van der Waals surface area contributed by atoms with Crippen molar-refractivity contribution in [1.82, 2.24) is 24.6 Å². The highest BCUT2D eigenvalue weighted by Crippen LogP contribution is 2.45. The van der Waals surface area contributed by atoms with E-state index in [9.17, 15) is 0 Å². The van der Waals surface area contributed by atoms with Crippen LogP contribution in [0.1, 0.15) is 26.2 Å². The molecule has 3 aromatic rings. The van der Waals surface area contributed by atoms with Crippen LogP contribution >= 0.6 is 23.2 Å². The summed E-state index contributed by atoms with van der Waals surface area (Å²) < 4.78 is 1.87. The molecule has 0 bridgehead atoms. The number of rotatable bonds is 6. The summed E-state index contributed by atoms with van der Waals surface area (Å²) in [5.41, 5.74) is 2.50. The maximum absolute atomic E-state index is 8.80. The molecule has 0 unspecified atom stereocenters. The van der Waals surface area contributed by atoms with Crippen LogP contribution in [-0.4, -0.2) is 57.4 Å². The number of nitrogens with one attached hydrogen (secondary N) is 1. The number of halogens is 2. The normalized spacial score (nSPS) is 18.0. The number of fused-ring (bicyclic) bond motifs is 1. The Morgan fingerprint density at radius 3 is 2.66 bits per heavy atom. The molecule has 5 rings (SSSR count). The Morgan fingerprint density at radius 2 is 1.94 bits per heavy atom. The molecule has 0 atom stereocenters. The smallest absolute Gasteiger partial charge is 0.227 e. The van der Waals surface area contributed by atoms with Gasteiger partial charge in [0.15, 0.2) is 5.15 Å². The average Bonchev–Trinajstić information content (AvgIpc) is 3.44. The van der Waals surface area contributed by atoms with E-state index in [1.807, 2.05) is 16.8 Å². The maximum atomic E-state index is 8.80. The number of benzene rings is 1. The van der Waals surface area contributed by atoms with Crippen LogP contribution in [0.3, 0.4) is 0 Å². The Morgan fingerprint density at radius 1 is 1.16 bits per heavy atom. The SMILES string of the molecule is CC1(n2ncc(Nc3ncc4cc(Cl)c(N5CCN(CCC#N)CC5)cc4n3)c2Cl)CC1. The predicted molar refractivity (Wildman–Crippen MR) is 127 cm³/mol. The topological polar surface area (TPSA) is 85.9 Å². The molecule has 1 saturated heterocycles. The molecule has 1 saturated carbocycles. The number of hydrogen-bond acceptors (Lipinski definition) is 7. The van der Waals surface area contributed by atoms with Crippen LogP contribution in [0.4, 0.5) is 17.3 Å². The zero-order valence-corrected chi connectivity index (χ0v) is 19.4. The highest BCUT2D eigenvalue weighted by Gasteiger charge is 2.42. The number of nitriles is 1. The number of nitrogens with zero attached hydrogens (tertiary/aromatic N) is 7. The number of anilines is 3. The van der Waals surface area contributed by atoms with E-state index >= 15 is 0 Å². The van der Waals surface area contributed by atoms with Crippen molar-refractivity contribution in [3.63, 3.8) is 0 Å². The average molecular weight is 471 g/mol. The Balaban J connectivity index is 1.36. The van der Waals surface area contributed by atoms with E-state index in [-0.39, 0.29) is 5.54 Å². The Kier molecular flexibility index (Phi) is 5.58. The van der Waals surface area contributed by atoms with Gasteiger partial charge in [-0.3, -0.25) is 4.90 Å². The van der Waals surface area contributed by atoms with Gasteiger partial charge in [0, 0.05) is 50.7 Å². The van der Waals surface area contributed by atoms with Crippen molar-refractivity contribution in [2.75, 3.05) is 42.9 Å². The van der Waals surface area contributed by atoms with Gasteiger partial charge in [-0.1, -0.05) is 23.2 Å². The van der Waals surface area contributed by atoms with Gasteiger partial charge in [-0.15, -0.1) is 0 Å². The van der Waals surface area contributed by atoms with Gasteiger partial charge < -0.3 is 10.2 Å². The molecule has 1 aliphatic heterocycles. The first-order valence-electron chi connectivity index (χ1n) is 10.8. The fraction of sp³-hybridized carbons (Fsp3) is 0.455. The van der Waals surface area contributed by atoms with Crippen LogP contribution in [0.15, 0.2) is 24.5 Å². The minimum atomic E-state index is 0.0194. The van der Waals surface area contributed by atoms with Crippen LogP contribution in [-0.2, 0) is 5.54 Å². The first kappa shape index (κ1) is 21.3. The van der Waals surface area contributed by atoms with Crippen LogP contribution in [0.25, 0.3) is 10.9 Å². The molecule has 0 amide bonds. The molecule has 32 heavy (non-hydrogen) atoms. The lowest BCUT2D eigenvalue weighted by Gasteiger charge is -2.36. The molecule has 166 valence electrons. The first-order chi connectivity index (χ1) is 15.5. The number of hydrogen-bond donors (Lipinski definition) is 1. The van der Waals surface area contributed by atoms with Gasteiger partial charge in [0.2, 0.25) is 5.95 Å². The molecule has 0 spiro atoms. The van der Waals surface area contributed by atoms with Crippen molar-refractivity contribution in [2.24, 2.45) is 0 Å². The molecule has 2 fully saturated rings. The van der Waals surface area contributed by atoms with Crippen molar-refractivity contribution in [3.8, 4) is 6.07 Å². The minimum Gasteiger partial charge on any atom is -0.368 e. The lowest BCUT2D eigenvalue weighted by molar-refractivity contribution is 0.263. The van der Waals surface area contributed by atoms with Crippen LogP contribution in [0.5, 0.6) is 0 Å². The summed E-state index contributed by atoms with van der Waals surface area (Å²) in [5, 5.41) is 18.6. The molecule has 8 nitrogen and oxygen atoms in total. The van der Waals surface area contributed by atoms with Gasteiger partial charge >= 0.3 is 0 Å². The quantitative estimate of drug-likeness (QED) is 0.570. The van der Waals surface area contributed by atoms with E-state index in [1.165, 1.54) is 0 Å². The highest BCUT2D eigenvalue weighted by molar-refractivity contribution is 6.34. The van der Waals surface area contributed by atoms with Gasteiger partial charge in [-0.2, -0.15) is 10.4 Å². The maximum Gasteiger partial charge on any atom is 0.227 e. The van der Waals surface area contributed by atoms with Crippen molar-refractivity contribution in [3.05, 3.63) is 34.7 Å². The van der Waals surface area contributed by atoms with Gasteiger partial charge in [-0.05, 0) is 31.9 Å². The lowest BCUT2D eigenvalue weighted by Crippen LogP contribution is -2.46. The second kappa shape index (κ2) is 8.39. The van der Waals surface area contributed by atoms with E-state index in [0.717, 1.165) is 62.2 Å². The summed E-state index contributed by atoms with van der Waals surface area (Å²) in [5.74, 6) is 0.467. The van der Waals surface area contributed by atoms with Gasteiger partial charge in [0.05, 0.1) is 39.7 Å². The third kappa shape index (κ3) is 4.08. The van der Waals surface area contributed by atoms with Crippen LogP contribution < -0.4 is 10.2 Å². The zero-order chi connectivity index (χ0) is 22.3. The van der Waals surface area contributed by atoms with Crippen molar-refractivity contribution < 1.29 is 0 Å². The molecule has 1 aliphatic carbocycles. The van der Waals surface area contributed by atoms with E-state index in [1.54, 1.807) is 12.4 Å². The molecule has 3 heterocycles. The second-order valence-corrected chi connectivity index (χ2v) is 9.44. The third-order valence-electron chi connectivity index (χ3n) is 6.34. The van der Waals surface area contributed by atoms with Crippen molar-refractivity contribution >= 4 is 51.4 Å². The highest BCUT2D eigenvalue weighted by atomic mass is 35.5. The Labute approximate surface area is 196 Å². The molecule has 2 aromatic heterocycles. The molecule has 2 aliphatic rings. The van der Waals surface area contributed by atoms with E-state index in [0.29, 0.717) is 28.2 Å². The third-order valence-corrected chi connectivity index (χ3v) is 7.01. The summed E-state index contributed by atoms with van der Waals surface area (Å²) in [7, 11) is 0. The second-order valence-electron chi connectivity index (χ2n) is 8.68. The lowest BCUT2D eigenvalue weighted by atomic mass is 10.2. The zero-order valence-electron chi connectivity index (χ0n) is 17.9. The Bertz CT molecular complexity index is 1190. The molecule has 1 aromatic carbocycles. The molecule has 10 heteroatoms. The largest absolute Gasteiger partial charge is 0.368 e. The van der Waals surface area contributed by atoms with Gasteiger partial charge in [-0.25, -0.2) is 14.6 Å². The minimum absolute atomic E-state index is 0.0194.